The molecule has 9 heteroatoms. The molecule has 1 unspecified atom stereocenters. The average molecular weight is 431 g/mol. The molecule has 0 spiro atoms. The van der Waals surface area contributed by atoms with E-state index in [1.165, 1.54) is 0 Å². The summed E-state index contributed by atoms with van der Waals surface area (Å²) in [6.07, 6.45) is -4.01. The van der Waals surface area contributed by atoms with Gasteiger partial charge in [-0.25, -0.2) is 4.79 Å². The van der Waals surface area contributed by atoms with Crippen LogP contribution in [0.5, 0.6) is 0 Å². The molecule has 3 N–H and O–H groups in total. The predicted octanol–water partition coefficient (Wildman–Crippen LogP) is 3.22. The van der Waals surface area contributed by atoms with Crippen LogP contribution in [0.2, 0.25) is 0 Å². The van der Waals surface area contributed by atoms with Crippen LogP contribution in [0.15, 0.2) is 48.7 Å². The summed E-state index contributed by atoms with van der Waals surface area (Å²) in [6.45, 7) is 0.702. The molecule has 0 bridgehead atoms. The Morgan fingerprint density at radius 2 is 1.94 bits per heavy atom. The third-order valence-electron chi connectivity index (χ3n) is 5.20. The van der Waals surface area contributed by atoms with Crippen molar-refractivity contribution in [1.29, 1.82) is 0 Å². The van der Waals surface area contributed by atoms with Crippen molar-refractivity contribution < 1.29 is 27.5 Å². The van der Waals surface area contributed by atoms with Gasteiger partial charge in [-0.1, -0.05) is 30.3 Å². The number of benzene rings is 2. The number of alkyl halides is 3. The normalized spacial score (nSPS) is 14.7. The number of carbonyl (C=O) groups excluding carboxylic acids is 2. The van der Waals surface area contributed by atoms with Crippen LogP contribution in [0.1, 0.15) is 27.0 Å². The molecule has 2 heterocycles. The number of aromatic nitrogens is 1. The van der Waals surface area contributed by atoms with Crippen LogP contribution in [-0.2, 0) is 28.9 Å². The van der Waals surface area contributed by atoms with Crippen molar-refractivity contribution in [2.45, 2.75) is 31.8 Å². The van der Waals surface area contributed by atoms with Gasteiger partial charge in [-0.3, -0.25) is 10.1 Å². The summed E-state index contributed by atoms with van der Waals surface area (Å²) < 4.78 is 43.2. The van der Waals surface area contributed by atoms with Gasteiger partial charge in [-0.15, -0.1) is 0 Å². The quantitative estimate of drug-likeness (QED) is 0.414. The third-order valence-corrected chi connectivity index (χ3v) is 5.20. The molecule has 0 fully saturated rings. The van der Waals surface area contributed by atoms with E-state index in [1.54, 1.807) is 18.3 Å². The minimum atomic E-state index is -5.09. The molecule has 1 aliphatic heterocycles. The molecule has 162 valence electrons. The lowest BCUT2D eigenvalue weighted by Gasteiger charge is -2.21. The maximum absolute atomic E-state index is 12.8. The number of fused-ring (bicyclic) bond motifs is 3. The van der Waals surface area contributed by atoms with Gasteiger partial charge in [0.25, 0.3) is 5.91 Å². The molecule has 3 aromatic rings. The number of rotatable bonds is 6. The molecular weight excluding hydrogens is 411 g/mol. The first-order valence-electron chi connectivity index (χ1n) is 9.78. The van der Waals surface area contributed by atoms with E-state index in [1.807, 2.05) is 30.3 Å². The maximum Gasteiger partial charge on any atom is 0.490 e. The van der Waals surface area contributed by atoms with E-state index in [2.05, 4.69) is 15.6 Å². The van der Waals surface area contributed by atoms with E-state index in [4.69, 9.17) is 4.74 Å². The lowest BCUT2D eigenvalue weighted by atomic mass is 9.94. The number of ether oxygens (including phenoxy) is 1. The summed E-state index contributed by atoms with van der Waals surface area (Å²) in [6, 6.07) is 12.6. The van der Waals surface area contributed by atoms with Gasteiger partial charge in [-0.05, 0) is 35.2 Å². The molecule has 1 amide bonds. The fraction of sp³-hybridized carbons (Fsp3) is 0.273. The van der Waals surface area contributed by atoms with E-state index < -0.39 is 18.4 Å². The Kier molecular flexibility index (Phi) is 5.69. The van der Waals surface area contributed by atoms with Crippen molar-refractivity contribution in [3.63, 3.8) is 0 Å². The summed E-state index contributed by atoms with van der Waals surface area (Å²) in [5, 5.41) is 6.45. The van der Waals surface area contributed by atoms with Crippen molar-refractivity contribution >= 4 is 22.8 Å². The molecule has 4 rings (SSSR count). The van der Waals surface area contributed by atoms with Crippen LogP contribution in [0.25, 0.3) is 10.9 Å². The first kappa shape index (κ1) is 20.9. The van der Waals surface area contributed by atoms with Crippen LogP contribution in [-0.4, -0.2) is 35.8 Å². The molecule has 0 saturated carbocycles. The fourth-order valence-electron chi connectivity index (χ4n) is 3.78. The minimum absolute atomic E-state index is 0.00667. The second-order valence-electron chi connectivity index (χ2n) is 7.30. The van der Waals surface area contributed by atoms with Crippen LogP contribution in [0, 0.1) is 0 Å². The Morgan fingerprint density at radius 3 is 2.68 bits per heavy atom. The van der Waals surface area contributed by atoms with E-state index >= 15 is 0 Å². The molecule has 6 nitrogen and oxygen atoms in total. The number of hydrogen-bond donors (Lipinski definition) is 3. The topological polar surface area (TPSA) is 83.2 Å². The molecule has 1 aromatic heterocycles. The molecule has 0 aliphatic carbocycles. The molecule has 1 aliphatic rings. The van der Waals surface area contributed by atoms with Crippen molar-refractivity contribution in [1.82, 2.24) is 15.6 Å². The zero-order valence-electron chi connectivity index (χ0n) is 16.4. The van der Waals surface area contributed by atoms with Crippen LogP contribution in [0.3, 0.4) is 0 Å². The summed E-state index contributed by atoms with van der Waals surface area (Å²) in [5.74, 6) is -2.43. The second kappa shape index (κ2) is 8.43. The summed E-state index contributed by atoms with van der Waals surface area (Å²) >= 11 is 0. The van der Waals surface area contributed by atoms with Crippen molar-refractivity contribution in [2.24, 2.45) is 0 Å². The number of halogens is 3. The van der Waals surface area contributed by atoms with Gasteiger partial charge < -0.3 is 15.0 Å². The Morgan fingerprint density at radius 1 is 1.16 bits per heavy atom. The first-order chi connectivity index (χ1) is 14.8. The third kappa shape index (κ3) is 4.56. The van der Waals surface area contributed by atoms with E-state index in [0.717, 1.165) is 22.0 Å². The average Bonchev–Trinajstić information content (AvgIpc) is 3.15. The lowest BCUT2D eigenvalue weighted by molar-refractivity contribution is -0.206. The number of nitrogens with one attached hydrogen (secondary N) is 3. The van der Waals surface area contributed by atoms with Gasteiger partial charge in [0.05, 0.1) is 0 Å². The summed E-state index contributed by atoms with van der Waals surface area (Å²) in [4.78, 5) is 26.8. The molecule has 31 heavy (non-hydrogen) atoms. The molecule has 1 atom stereocenters. The number of amides is 1. The van der Waals surface area contributed by atoms with Gasteiger partial charge in [0.1, 0.15) is 0 Å². The van der Waals surface area contributed by atoms with Crippen molar-refractivity contribution in [3.05, 3.63) is 70.9 Å². The van der Waals surface area contributed by atoms with Gasteiger partial charge >= 0.3 is 12.1 Å². The Bertz CT molecular complexity index is 1110. The van der Waals surface area contributed by atoms with Crippen LogP contribution < -0.4 is 10.6 Å². The van der Waals surface area contributed by atoms with Crippen LogP contribution in [0.4, 0.5) is 13.2 Å². The van der Waals surface area contributed by atoms with Crippen molar-refractivity contribution in [3.8, 4) is 0 Å². The zero-order chi connectivity index (χ0) is 22.0. The maximum atomic E-state index is 12.8. The van der Waals surface area contributed by atoms with Gasteiger partial charge in [-0.2, -0.15) is 13.2 Å². The van der Waals surface area contributed by atoms with Gasteiger partial charge in [0, 0.05) is 42.2 Å². The standard InChI is InChI=1S/C22H20F3N3O3/c23-22(24,25)21(30)31-18(28-11-13-4-2-1-3-5-13)10-14-12-27-17-7-6-16-15(19(14)17)8-9-26-20(16)29/h1-7,12,18,27-28H,8-11H2,(H,26,29). The second-order valence-corrected chi connectivity index (χ2v) is 7.30. The van der Waals surface area contributed by atoms with Crippen LogP contribution >= 0.6 is 0 Å². The highest BCUT2D eigenvalue weighted by atomic mass is 19.4. The largest absolute Gasteiger partial charge is 0.490 e. The highest BCUT2D eigenvalue weighted by Crippen LogP contribution is 2.29. The number of hydrogen-bond acceptors (Lipinski definition) is 4. The van der Waals surface area contributed by atoms with E-state index in [-0.39, 0.29) is 18.9 Å². The predicted molar refractivity (Wildman–Crippen MR) is 107 cm³/mol. The number of H-pyrrole nitrogens is 1. The molecule has 0 saturated heterocycles. The van der Waals surface area contributed by atoms with E-state index in [9.17, 15) is 22.8 Å². The summed E-state index contributed by atoms with van der Waals surface area (Å²) in [7, 11) is 0. The van der Waals surface area contributed by atoms with E-state index in [0.29, 0.717) is 24.1 Å². The Labute approximate surface area is 175 Å². The Balaban J connectivity index is 1.62. The smallest absolute Gasteiger partial charge is 0.440 e. The highest BCUT2D eigenvalue weighted by molar-refractivity contribution is 6.02. The fourth-order valence-corrected chi connectivity index (χ4v) is 3.78. The zero-order valence-corrected chi connectivity index (χ0v) is 16.4. The molecule has 0 radical (unpaired) electrons. The number of esters is 1. The SMILES string of the molecule is O=C1NCCc2c1ccc1[nH]cc(CC(NCc3ccccc3)OC(=O)C(F)(F)F)c21. The monoisotopic (exact) mass is 431 g/mol. The number of carbonyl (C=O) groups is 2. The van der Waals surface area contributed by atoms with Gasteiger partial charge in [0.15, 0.2) is 6.23 Å². The molecule has 2 aromatic carbocycles. The number of aromatic amines is 1. The highest BCUT2D eigenvalue weighted by Gasteiger charge is 2.42. The van der Waals surface area contributed by atoms with Gasteiger partial charge in [0.2, 0.25) is 0 Å². The van der Waals surface area contributed by atoms with Crippen molar-refractivity contribution in [2.75, 3.05) is 6.54 Å². The summed E-state index contributed by atoms with van der Waals surface area (Å²) in [5.41, 5.74) is 3.65. The first-order valence-corrected chi connectivity index (χ1v) is 9.78. The molecular formula is C22H20F3N3O3. The lowest BCUT2D eigenvalue weighted by Crippen LogP contribution is -2.39. The Hall–Kier alpha value is -3.33. The minimum Gasteiger partial charge on any atom is -0.440 e.